The summed E-state index contributed by atoms with van der Waals surface area (Å²) in [6.45, 7) is 11.6. The molecule has 0 radical (unpaired) electrons. The van der Waals surface area contributed by atoms with Crippen molar-refractivity contribution in [1.29, 1.82) is 5.26 Å². The predicted molar refractivity (Wildman–Crippen MR) is 109 cm³/mol. The van der Waals surface area contributed by atoms with Crippen LogP contribution in [-0.4, -0.2) is 24.5 Å². The zero-order valence-electron chi connectivity index (χ0n) is 16.1. The summed E-state index contributed by atoms with van der Waals surface area (Å²) in [5.41, 5.74) is 2.93. The average Bonchev–Trinajstić information content (AvgIpc) is 2.98. The van der Waals surface area contributed by atoms with Crippen molar-refractivity contribution in [2.45, 2.75) is 40.0 Å². The van der Waals surface area contributed by atoms with Crippen molar-refractivity contribution in [2.75, 3.05) is 6.61 Å². The van der Waals surface area contributed by atoms with Gasteiger partial charge < -0.3 is 4.74 Å². The largest absolute Gasteiger partial charge is 0.477 e. The smallest absolute Gasteiger partial charge is 0.164 e. The van der Waals surface area contributed by atoms with Gasteiger partial charge in [0.15, 0.2) is 5.76 Å². The monoisotopic (exact) mass is 363 g/mol. The van der Waals surface area contributed by atoms with Crippen molar-refractivity contribution in [3.8, 4) is 18.4 Å². The molecule has 0 bridgehead atoms. The molecule has 4 nitrogen and oxygen atoms in total. The van der Waals surface area contributed by atoms with Crippen LogP contribution in [0.4, 0.5) is 0 Å². The molecule has 0 amide bonds. The van der Waals surface area contributed by atoms with Gasteiger partial charge in [0, 0.05) is 6.54 Å². The van der Waals surface area contributed by atoms with Gasteiger partial charge in [-0.05, 0) is 25.5 Å². The molecule has 0 atom stereocenters. The lowest BCUT2D eigenvalue weighted by Gasteiger charge is -2.17. The Morgan fingerprint density at radius 3 is 2.42 bits per heavy atom. The highest BCUT2D eigenvalue weighted by atomic mass is 28.3. The highest BCUT2D eigenvalue weighted by Gasteiger charge is 2.20. The van der Waals surface area contributed by atoms with Crippen molar-refractivity contribution in [2.24, 2.45) is 0 Å². The molecule has 0 saturated carbocycles. The van der Waals surface area contributed by atoms with Crippen LogP contribution in [-0.2, 0) is 11.3 Å². The molecule has 1 aromatic heterocycles. The molecule has 0 aliphatic carbocycles. The second kappa shape index (κ2) is 8.08. The molecule has 0 saturated heterocycles. The molecule has 1 heterocycles. The summed E-state index contributed by atoms with van der Waals surface area (Å²) in [7, 11) is -1.40. The number of ether oxygens (including phenoxy) is 1. The summed E-state index contributed by atoms with van der Waals surface area (Å²) in [5, 5.41) is 15.7. The number of nitriles is 1. The third-order valence-corrected chi connectivity index (χ3v) is 6.18. The Hall–Kier alpha value is -2.76. The molecule has 26 heavy (non-hydrogen) atoms. The van der Waals surface area contributed by atoms with E-state index in [1.807, 2.05) is 36.7 Å². The van der Waals surface area contributed by atoms with E-state index in [0.717, 1.165) is 17.0 Å². The first-order valence-electron chi connectivity index (χ1n) is 8.68. The Morgan fingerprint density at radius 2 is 1.92 bits per heavy atom. The van der Waals surface area contributed by atoms with E-state index < -0.39 is 8.07 Å². The molecule has 0 N–H and O–H groups in total. The van der Waals surface area contributed by atoms with Gasteiger partial charge in [0.25, 0.3) is 0 Å². The molecule has 0 aliphatic heterocycles. The second-order valence-electron chi connectivity index (χ2n) is 7.12. The molecule has 0 spiro atoms. The van der Waals surface area contributed by atoms with E-state index in [9.17, 15) is 5.26 Å². The van der Waals surface area contributed by atoms with Crippen LogP contribution in [0.2, 0.25) is 19.6 Å². The molecule has 2 aromatic rings. The van der Waals surface area contributed by atoms with Gasteiger partial charge >= 0.3 is 0 Å². The summed E-state index contributed by atoms with van der Waals surface area (Å²) in [4.78, 5) is 0. The van der Waals surface area contributed by atoms with E-state index in [1.54, 1.807) is 0 Å². The summed E-state index contributed by atoms with van der Waals surface area (Å²) < 4.78 is 7.64. The minimum atomic E-state index is -1.40. The molecule has 1 aromatic carbocycles. The van der Waals surface area contributed by atoms with E-state index >= 15 is 0 Å². The van der Waals surface area contributed by atoms with Crippen LogP contribution >= 0.6 is 0 Å². The number of aromatic nitrogens is 2. The molecule has 134 valence electrons. The number of aryl methyl sites for hydroxylation is 2. The van der Waals surface area contributed by atoms with Crippen molar-refractivity contribution < 1.29 is 4.74 Å². The maximum Gasteiger partial charge on any atom is 0.164 e. The Morgan fingerprint density at radius 1 is 1.27 bits per heavy atom. The molecule has 5 heteroatoms. The van der Waals surface area contributed by atoms with E-state index in [1.165, 1.54) is 5.19 Å². The molecule has 0 fully saturated rings. The fraction of sp³-hybridized carbons (Fsp3) is 0.333. The van der Waals surface area contributed by atoms with Crippen LogP contribution in [0, 0.1) is 30.6 Å². The highest BCUT2D eigenvalue weighted by Crippen LogP contribution is 2.27. The minimum absolute atomic E-state index is 0.0987. The Kier molecular flexibility index (Phi) is 6.08. The molecular formula is C21H25N3OSi. The lowest BCUT2D eigenvalue weighted by molar-refractivity contribution is 0.323. The van der Waals surface area contributed by atoms with Crippen LogP contribution < -0.4 is 5.19 Å². The topological polar surface area (TPSA) is 50.8 Å². The van der Waals surface area contributed by atoms with Crippen LogP contribution in [0.3, 0.4) is 0 Å². The number of allylic oxidation sites excluding steroid dienone is 1. The number of hydrogen-bond acceptors (Lipinski definition) is 3. The van der Waals surface area contributed by atoms with Crippen molar-refractivity contribution in [1.82, 2.24) is 9.78 Å². The summed E-state index contributed by atoms with van der Waals surface area (Å²) in [6, 6.07) is 12.4. The van der Waals surface area contributed by atoms with Gasteiger partial charge in [0.1, 0.15) is 23.9 Å². The quantitative estimate of drug-likeness (QED) is 0.339. The number of nitrogens with zero attached hydrogens (tertiary/aromatic N) is 3. The molecule has 2 rings (SSSR count). The van der Waals surface area contributed by atoms with E-state index in [0.29, 0.717) is 17.9 Å². The van der Waals surface area contributed by atoms with Crippen LogP contribution in [0.25, 0.3) is 11.3 Å². The van der Waals surface area contributed by atoms with E-state index in [-0.39, 0.29) is 6.61 Å². The first-order valence-corrected chi connectivity index (χ1v) is 12.2. The normalized spacial score (nSPS) is 12.1. The average molecular weight is 364 g/mol. The first kappa shape index (κ1) is 19.6. The number of benzene rings is 1. The van der Waals surface area contributed by atoms with Gasteiger partial charge in [-0.25, -0.2) is 0 Å². The summed E-state index contributed by atoms with van der Waals surface area (Å²) in [6.07, 6.45) is 5.38. The van der Waals surface area contributed by atoms with Gasteiger partial charge in [-0.3, -0.25) is 4.68 Å². The number of hydrogen-bond donors (Lipinski definition) is 0. The Bertz CT molecular complexity index is 887. The van der Waals surface area contributed by atoms with Crippen LogP contribution in [0.1, 0.15) is 23.9 Å². The number of terminal acetylenes is 1. The SMILES string of the molecule is C#CCOC(=C(C#N)c1ccc([Si](C)(C)C)cc1)c1cc(C)nn1CC. The van der Waals surface area contributed by atoms with Crippen molar-refractivity contribution in [3.05, 3.63) is 47.3 Å². The molecule has 0 unspecified atom stereocenters. The van der Waals surface area contributed by atoms with Crippen molar-refractivity contribution >= 4 is 24.6 Å². The zero-order valence-corrected chi connectivity index (χ0v) is 17.1. The van der Waals surface area contributed by atoms with Gasteiger partial charge in [-0.1, -0.05) is 55.0 Å². The zero-order chi connectivity index (χ0) is 19.3. The van der Waals surface area contributed by atoms with Crippen LogP contribution in [0.15, 0.2) is 30.3 Å². The predicted octanol–water partition coefficient (Wildman–Crippen LogP) is 3.80. The highest BCUT2D eigenvalue weighted by molar-refractivity contribution is 6.88. The van der Waals surface area contributed by atoms with Gasteiger partial charge in [-0.15, -0.1) is 6.42 Å². The number of rotatable bonds is 6. The lowest BCUT2D eigenvalue weighted by Crippen LogP contribution is -2.37. The Labute approximate surface area is 157 Å². The maximum atomic E-state index is 9.85. The lowest BCUT2D eigenvalue weighted by atomic mass is 10.0. The minimum Gasteiger partial charge on any atom is -0.477 e. The molecule has 0 aliphatic rings. The van der Waals surface area contributed by atoms with E-state index in [2.05, 4.69) is 48.9 Å². The van der Waals surface area contributed by atoms with E-state index in [4.69, 9.17) is 11.2 Å². The third-order valence-electron chi connectivity index (χ3n) is 4.11. The fourth-order valence-electron chi connectivity index (χ4n) is 2.74. The summed E-state index contributed by atoms with van der Waals surface area (Å²) in [5.74, 6) is 2.96. The molecular weight excluding hydrogens is 338 g/mol. The first-order chi connectivity index (χ1) is 12.3. The van der Waals surface area contributed by atoms with Crippen LogP contribution in [0.5, 0.6) is 0 Å². The third kappa shape index (κ3) is 4.25. The standard InChI is InChI=1S/C21H25N3OSi/c1-7-13-25-21(20-14-16(3)23-24(20)8-2)19(15-22)17-9-11-18(12-10-17)26(4,5)6/h1,9-12,14H,8,13H2,2-6H3. The van der Waals surface area contributed by atoms with Crippen molar-refractivity contribution in [3.63, 3.8) is 0 Å². The van der Waals surface area contributed by atoms with Gasteiger partial charge in [0.05, 0.1) is 13.8 Å². The van der Waals surface area contributed by atoms with Gasteiger partial charge in [-0.2, -0.15) is 10.4 Å². The Balaban J connectivity index is 2.62. The maximum absolute atomic E-state index is 9.85. The summed E-state index contributed by atoms with van der Waals surface area (Å²) >= 11 is 0. The van der Waals surface area contributed by atoms with Gasteiger partial charge in [0.2, 0.25) is 0 Å². The fourth-order valence-corrected chi connectivity index (χ4v) is 3.91. The second-order valence-corrected chi connectivity index (χ2v) is 12.2.